The fraction of sp³-hybridized carbons (Fsp3) is 0.389. The fourth-order valence-corrected chi connectivity index (χ4v) is 3.88. The first-order chi connectivity index (χ1) is 13.2. The number of nitro benzene ring substituents is 1. The largest absolute Gasteiger partial charge is 0.469 e. The predicted molar refractivity (Wildman–Crippen MR) is 102 cm³/mol. The Morgan fingerprint density at radius 2 is 1.96 bits per heavy atom. The van der Waals surface area contributed by atoms with E-state index in [2.05, 4.69) is 5.32 Å². The first-order valence-corrected chi connectivity index (χ1v) is 10.6. The number of nitrogens with one attached hydrogen (secondary N) is 1. The van der Waals surface area contributed by atoms with Crippen LogP contribution in [0.25, 0.3) is 0 Å². The lowest BCUT2D eigenvalue weighted by atomic mass is 10.0. The van der Waals surface area contributed by atoms with Crippen LogP contribution in [0.15, 0.2) is 39.8 Å². The van der Waals surface area contributed by atoms with Crippen LogP contribution in [0.4, 0.5) is 11.4 Å². The van der Waals surface area contributed by atoms with E-state index < -0.39 is 14.8 Å². The monoisotopic (exact) mass is 407 g/mol. The van der Waals surface area contributed by atoms with Crippen LogP contribution in [0, 0.1) is 17.0 Å². The van der Waals surface area contributed by atoms with Crippen molar-refractivity contribution in [2.45, 2.75) is 30.7 Å². The molecular formula is C18H21N3O6S. The van der Waals surface area contributed by atoms with E-state index in [-0.39, 0.29) is 28.2 Å². The Bertz CT molecular complexity index is 1010. The van der Waals surface area contributed by atoms with E-state index in [4.69, 9.17) is 4.42 Å². The van der Waals surface area contributed by atoms with E-state index in [0.29, 0.717) is 37.3 Å². The average molecular weight is 407 g/mol. The summed E-state index contributed by atoms with van der Waals surface area (Å²) in [7, 11) is -3.53. The molecule has 0 aliphatic carbocycles. The number of aryl methyl sites for hydroxylation is 1. The molecule has 0 atom stereocenters. The summed E-state index contributed by atoms with van der Waals surface area (Å²) < 4.78 is 28.5. The van der Waals surface area contributed by atoms with Gasteiger partial charge in [0.25, 0.3) is 11.6 Å². The minimum absolute atomic E-state index is 0.0581. The second kappa shape index (κ2) is 7.63. The first kappa shape index (κ1) is 19.9. The number of benzene rings is 1. The molecule has 1 aromatic carbocycles. The smallest absolute Gasteiger partial charge is 0.293 e. The molecule has 1 saturated heterocycles. The minimum atomic E-state index is -3.53. The number of furan rings is 1. The molecule has 0 spiro atoms. The van der Waals surface area contributed by atoms with Crippen LogP contribution in [0.3, 0.4) is 0 Å². The number of rotatable bonds is 5. The number of amides is 1. The Morgan fingerprint density at radius 3 is 2.50 bits per heavy atom. The topological polar surface area (TPSA) is 123 Å². The molecule has 28 heavy (non-hydrogen) atoms. The van der Waals surface area contributed by atoms with E-state index in [0.717, 1.165) is 12.3 Å². The van der Waals surface area contributed by atoms with Gasteiger partial charge in [-0.2, -0.15) is 0 Å². The molecule has 1 amide bonds. The second-order valence-corrected chi connectivity index (χ2v) is 8.83. The second-order valence-electron chi connectivity index (χ2n) is 6.81. The van der Waals surface area contributed by atoms with E-state index in [9.17, 15) is 23.3 Å². The number of hydrogen-bond donors (Lipinski definition) is 1. The molecule has 9 nitrogen and oxygen atoms in total. The summed E-state index contributed by atoms with van der Waals surface area (Å²) in [6.45, 7) is 2.76. The van der Waals surface area contributed by atoms with Crippen molar-refractivity contribution < 1.29 is 22.6 Å². The van der Waals surface area contributed by atoms with Crippen LogP contribution in [0.5, 0.6) is 0 Å². The number of carbonyl (C=O) groups is 1. The quantitative estimate of drug-likeness (QED) is 0.597. The molecule has 3 rings (SSSR count). The maximum atomic E-state index is 12.5. The van der Waals surface area contributed by atoms with Crippen molar-refractivity contribution in [1.82, 2.24) is 4.90 Å². The summed E-state index contributed by atoms with van der Waals surface area (Å²) in [5, 5.41) is 14.5. The number of nitro groups is 1. The van der Waals surface area contributed by atoms with Gasteiger partial charge in [-0.1, -0.05) is 0 Å². The summed E-state index contributed by atoms with van der Waals surface area (Å²) in [5.41, 5.74) is 0.529. The highest BCUT2D eigenvalue weighted by Gasteiger charge is 2.27. The van der Waals surface area contributed by atoms with Gasteiger partial charge in [0.05, 0.1) is 21.6 Å². The third kappa shape index (κ3) is 4.16. The zero-order valence-corrected chi connectivity index (χ0v) is 16.4. The maximum absolute atomic E-state index is 12.5. The molecule has 1 N–H and O–H groups in total. The van der Waals surface area contributed by atoms with Gasteiger partial charge in [-0.05, 0) is 38.0 Å². The Balaban J connectivity index is 1.68. The van der Waals surface area contributed by atoms with Gasteiger partial charge in [0.2, 0.25) is 0 Å². The average Bonchev–Trinajstić information content (AvgIpc) is 3.07. The van der Waals surface area contributed by atoms with Crippen LogP contribution in [-0.4, -0.2) is 49.5 Å². The normalized spacial score (nSPS) is 15.4. The van der Waals surface area contributed by atoms with Gasteiger partial charge in [0.1, 0.15) is 11.4 Å². The Labute approximate surface area is 162 Å². The fourth-order valence-electron chi connectivity index (χ4n) is 3.24. The van der Waals surface area contributed by atoms with Crippen LogP contribution in [0.1, 0.15) is 29.0 Å². The molecule has 10 heteroatoms. The van der Waals surface area contributed by atoms with Crippen molar-refractivity contribution >= 4 is 27.1 Å². The van der Waals surface area contributed by atoms with Crippen molar-refractivity contribution in [3.05, 3.63) is 52.0 Å². The van der Waals surface area contributed by atoms with E-state index in [1.807, 2.05) is 0 Å². The molecule has 0 unspecified atom stereocenters. The van der Waals surface area contributed by atoms with Gasteiger partial charge < -0.3 is 14.6 Å². The zero-order chi connectivity index (χ0) is 20.5. The van der Waals surface area contributed by atoms with E-state index >= 15 is 0 Å². The van der Waals surface area contributed by atoms with Gasteiger partial charge >= 0.3 is 0 Å². The van der Waals surface area contributed by atoms with Crippen LogP contribution in [-0.2, 0) is 9.84 Å². The molecule has 1 fully saturated rings. The molecule has 0 bridgehead atoms. The van der Waals surface area contributed by atoms with Crippen LogP contribution >= 0.6 is 0 Å². The van der Waals surface area contributed by atoms with Crippen molar-refractivity contribution in [3.63, 3.8) is 0 Å². The van der Waals surface area contributed by atoms with Gasteiger partial charge in [-0.25, -0.2) is 8.42 Å². The van der Waals surface area contributed by atoms with Gasteiger partial charge in [0.15, 0.2) is 9.84 Å². The molecule has 1 aliphatic rings. The third-order valence-electron chi connectivity index (χ3n) is 4.83. The highest BCUT2D eigenvalue weighted by molar-refractivity contribution is 7.90. The minimum Gasteiger partial charge on any atom is -0.469 e. The van der Waals surface area contributed by atoms with E-state index in [1.165, 1.54) is 18.4 Å². The number of piperidine rings is 1. The number of sulfone groups is 1. The summed E-state index contributed by atoms with van der Waals surface area (Å²) in [6, 6.07) is 5.43. The number of anilines is 1. The summed E-state index contributed by atoms with van der Waals surface area (Å²) in [6.07, 6.45) is 3.73. The lowest BCUT2D eigenvalue weighted by Gasteiger charge is -2.32. The van der Waals surface area contributed by atoms with Gasteiger partial charge in [-0.15, -0.1) is 0 Å². The van der Waals surface area contributed by atoms with E-state index in [1.54, 1.807) is 17.9 Å². The summed E-state index contributed by atoms with van der Waals surface area (Å²) in [4.78, 5) is 24.9. The van der Waals surface area contributed by atoms with Gasteiger partial charge in [-0.3, -0.25) is 14.9 Å². The Hall–Kier alpha value is -2.88. The van der Waals surface area contributed by atoms with Crippen molar-refractivity contribution in [1.29, 1.82) is 0 Å². The summed E-state index contributed by atoms with van der Waals surface area (Å²) >= 11 is 0. The van der Waals surface area contributed by atoms with Crippen LogP contribution in [0.2, 0.25) is 0 Å². The summed E-state index contributed by atoms with van der Waals surface area (Å²) in [5.74, 6) is 0.486. The van der Waals surface area contributed by atoms with Gasteiger partial charge in [0, 0.05) is 31.5 Å². The highest BCUT2D eigenvalue weighted by atomic mass is 32.2. The van der Waals surface area contributed by atoms with Crippen molar-refractivity contribution in [2.24, 2.45) is 0 Å². The standard InChI is InChI=1S/C18H21N3O6S/c1-12-15(7-10-27-12)18(22)20-8-5-13(6-9-20)19-16-4-3-14(28(2,25)26)11-17(16)21(23)24/h3-4,7,10-11,13,19H,5-6,8-9H2,1-2H3. The molecule has 1 aromatic heterocycles. The molecule has 0 saturated carbocycles. The highest BCUT2D eigenvalue weighted by Crippen LogP contribution is 2.29. The lowest BCUT2D eigenvalue weighted by Crippen LogP contribution is -2.42. The molecule has 2 aromatic rings. The number of carbonyl (C=O) groups excluding carboxylic acids is 1. The number of likely N-dealkylation sites (tertiary alicyclic amines) is 1. The SMILES string of the molecule is Cc1occc1C(=O)N1CCC(Nc2ccc(S(C)(=O)=O)cc2[N+](=O)[O-])CC1. The van der Waals surface area contributed by atoms with Crippen molar-refractivity contribution in [2.75, 3.05) is 24.7 Å². The molecule has 2 heterocycles. The molecule has 150 valence electrons. The number of nitrogens with zero attached hydrogens (tertiary/aromatic N) is 2. The maximum Gasteiger partial charge on any atom is 0.293 e. The van der Waals surface area contributed by atoms with Crippen LogP contribution < -0.4 is 5.32 Å². The Kier molecular flexibility index (Phi) is 5.41. The molecular weight excluding hydrogens is 386 g/mol. The number of hydrogen-bond acceptors (Lipinski definition) is 7. The third-order valence-corrected chi connectivity index (χ3v) is 5.94. The Morgan fingerprint density at radius 1 is 1.29 bits per heavy atom. The van der Waals surface area contributed by atoms with Crippen molar-refractivity contribution in [3.8, 4) is 0 Å². The zero-order valence-electron chi connectivity index (χ0n) is 15.5. The first-order valence-electron chi connectivity index (χ1n) is 8.75. The predicted octanol–water partition coefficient (Wildman–Crippen LogP) is 2.62. The molecule has 1 aliphatic heterocycles. The lowest BCUT2D eigenvalue weighted by molar-refractivity contribution is -0.384. The molecule has 0 radical (unpaired) electrons.